The second-order valence-electron chi connectivity index (χ2n) is 5.44. The van der Waals surface area contributed by atoms with E-state index in [0.29, 0.717) is 11.5 Å². The number of rotatable bonds is 4. The van der Waals surface area contributed by atoms with E-state index in [2.05, 4.69) is 38.0 Å². The average molecular weight is 235 g/mol. The van der Waals surface area contributed by atoms with Crippen LogP contribution in [0.5, 0.6) is 0 Å². The van der Waals surface area contributed by atoms with E-state index in [1.54, 1.807) is 12.1 Å². The maximum absolute atomic E-state index is 10.9. The van der Waals surface area contributed by atoms with Crippen molar-refractivity contribution >= 4 is 11.7 Å². The number of carbonyl (C=O) groups excluding carboxylic acids is 1. The monoisotopic (exact) mass is 235 g/mol. The molecule has 1 heterocycles. The second-order valence-corrected chi connectivity index (χ2v) is 5.44. The van der Waals surface area contributed by atoms with Gasteiger partial charge in [0.05, 0.1) is 5.56 Å². The summed E-state index contributed by atoms with van der Waals surface area (Å²) in [6.45, 7) is 9.69. The Bertz CT molecular complexity index is 379. The van der Waals surface area contributed by atoms with Gasteiger partial charge in [0.15, 0.2) is 0 Å². The molecule has 0 bridgehead atoms. The maximum atomic E-state index is 10.9. The fourth-order valence-corrected chi connectivity index (χ4v) is 1.21. The minimum absolute atomic E-state index is 0.264. The van der Waals surface area contributed by atoms with Gasteiger partial charge in [-0.1, -0.05) is 27.7 Å². The van der Waals surface area contributed by atoms with Crippen LogP contribution in [0, 0.1) is 11.3 Å². The third-order valence-electron chi connectivity index (χ3n) is 3.12. The van der Waals surface area contributed by atoms with Crippen LogP contribution in [-0.4, -0.2) is 17.4 Å². The summed E-state index contributed by atoms with van der Waals surface area (Å²) in [5, 5.41) is 3.25. The highest BCUT2D eigenvalue weighted by Gasteiger charge is 2.19. The largest absolute Gasteiger partial charge is 0.370 e. The molecule has 0 aliphatic rings. The Hall–Kier alpha value is -1.58. The van der Waals surface area contributed by atoms with Gasteiger partial charge in [-0.25, -0.2) is 4.98 Å². The molecule has 17 heavy (non-hydrogen) atoms. The highest BCUT2D eigenvalue weighted by molar-refractivity contribution is 5.92. The maximum Gasteiger partial charge on any atom is 0.250 e. The zero-order chi connectivity index (χ0) is 13.1. The van der Waals surface area contributed by atoms with Gasteiger partial charge in [0.1, 0.15) is 5.82 Å². The van der Waals surface area contributed by atoms with Gasteiger partial charge in [-0.3, -0.25) is 4.79 Å². The van der Waals surface area contributed by atoms with Crippen LogP contribution in [0.3, 0.4) is 0 Å². The Balaban J connectivity index is 2.56. The lowest BCUT2D eigenvalue weighted by atomic mass is 9.82. The molecule has 4 heteroatoms. The van der Waals surface area contributed by atoms with Crippen molar-refractivity contribution in [2.24, 2.45) is 17.1 Å². The quantitative estimate of drug-likeness (QED) is 0.841. The number of nitrogens with zero attached hydrogens (tertiary/aromatic N) is 1. The first-order valence-corrected chi connectivity index (χ1v) is 5.80. The van der Waals surface area contributed by atoms with E-state index in [0.717, 1.165) is 12.4 Å². The number of hydrogen-bond donors (Lipinski definition) is 2. The van der Waals surface area contributed by atoms with Crippen LogP contribution < -0.4 is 11.1 Å². The number of pyridine rings is 1. The average Bonchev–Trinajstić information content (AvgIpc) is 2.25. The van der Waals surface area contributed by atoms with E-state index in [-0.39, 0.29) is 5.41 Å². The van der Waals surface area contributed by atoms with Gasteiger partial charge in [-0.05, 0) is 23.5 Å². The number of nitrogens with one attached hydrogen (secondary N) is 1. The van der Waals surface area contributed by atoms with Crippen LogP contribution in [0.15, 0.2) is 18.3 Å². The lowest BCUT2D eigenvalue weighted by Gasteiger charge is -2.27. The number of aromatic nitrogens is 1. The Morgan fingerprint density at radius 1 is 1.47 bits per heavy atom. The third kappa shape index (κ3) is 4.06. The summed E-state index contributed by atoms with van der Waals surface area (Å²) in [6, 6.07) is 3.45. The molecule has 3 N–H and O–H groups in total. The molecule has 0 radical (unpaired) electrons. The molecule has 0 aromatic carbocycles. The molecule has 1 atom stereocenters. The molecule has 94 valence electrons. The number of carbonyl (C=O) groups is 1. The van der Waals surface area contributed by atoms with Gasteiger partial charge in [0, 0.05) is 12.7 Å². The van der Waals surface area contributed by atoms with Crippen molar-refractivity contribution in [3.8, 4) is 0 Å². The number of primary amides is 1. The summed E-state index contributed by atoms with van der Waals surface area (Å²) in [4.78, 5) is 15.0. The van der Waals surface area contributed by atoms with Gasteiger partial charge in [-0.15, -0.1) is 0 Å². The van der Waals surface area contributed by atoms with Crippen molar-refractivity contribution < 1.29 is 4.79 Å². The van der Waals surface area contributed by atoms with Crippen molar-refractivity contribution in [3.05, 3.63) is 23.9 Å². The van der Waals surface area contributed by atoms with Gasteiger partial charge < -0.3 is 11.1 Å². The summed E-state index contributed by atoms with van der Waals surface area (Å²) in [5.41, 5.74) is 5.84. The minimum atomic E-state index is -0.452. The van der Waals surface area contributed by atoms with Gasteiger partial charge in [-0.2, -0.15) is 0 Å². The molecule has 1 amide bonds. The Kier molecular flexibility index (Phi) is 4.10. The van der Waals surface area contributed by atoms with Gasteiger partial charge in [0.2, 0.25) is 5.91 Å². The molecule has 1 aromatic heterocycles. The minimum Gasteiger partial charge on any atom is -0.370 e. The SMILES string of the molecule is CC(CNc1ccc(C(N)=O)cn1)C(C)(C)C. The Labute approximate surface area is 103 Å². The predicted molar refractivity (Wildman–Crippen MR) is 69.9 cm³/mol. The van der Waals surface area contributed by atoms with Crippen LogP contribution in [0.1, 0.15) is 38.1 Å². The van der Waals surface area contributed by atoms with Crippen LogP contribution >= 0.6 is 0 Å². The number of hydrogen-bond acceptors (Lipinski definition) is 3. The molecule has 0 aliphatic heterocycles. The Morgan fingerprint density at radius 2 is 2.12 bits per heavy atom. The smallest absolute Gasteiger partial charge is 0.250 e. The molecule has 0 saturated heterocycles. The summed E-state index contributed by atoms with van der Waals surface area (Å²) in [5.74, 6) is 0.846. The highest BCUT2D eigenvalue weighted by Crippen LogP contribution is 2.25. The number of amides is 1. The first-order valence-electron chi connectivity index (χ1n) is 5.80. The topological polar surface area (TPSA) is 68.0 Å². The molecule has 0 saturated carbocycles. The number of nitrogens with two attached hydrogens (primary N) is 1. The zero-order valence-electron chi connectivity index (χ0n) is 10.9. The van der Waals surface area contributed by atoms with E-state index >= 15 is 0 Å². The van der Waals surface area contributed by atoms with Gasteiger partial charge >= 0.3 is 0 Å². The van der Waals surface area contributed by atoms with E-state index in [1.807, 2.05) is 0 Å². The Morgan fingerprint density at radius 3 is 2.53 bits per heavy atom. The summed E-state index contributed by atoms with van der Waals surface area (Å²) < 4.78 is 0. The summed E-state index contributed by atoms with van der Waals surface area (Å²) >= 11 is 0. The molecule has 1 rings (SSSR count). The fourth-order valence-electron chi connectivity index (χ4n) is 1.21. The number of anilines is 1. The molecule has 0 fully saturated rings. The fraction of sp³-hybridized carbons (Fsp3) is 0.538. The normalized spacial score (nSPS) is 13.2. The molecular weight excluding hydrogens is 214 g/mol. The first kappa shape index (κ1) is 13.5. The zero-order valence-corrected chi connectivity index (χ0v) is 10.9. The van der Waals surface area contributed by atoms with Crippen LogP contribution in [0.2, 0.25) is 0 Å². The highest BCUT2D eigenvalue weighted by atomic mass is 16.1. The summed E-state index contributed by atoms with van der Waals surface area (Å²) in [6.07, 6.45) is 1.49. The molecule has 1 aromatic rings. The van der Waals surface area contributed by atoms with E-state index in [1.165, 1.54) is 6.20 Å². The molecular formula is C13H21N3O. The van der Waals surface area contributed by atoms with Gasteiger partial charge in [0.25, 0.3) is 0 Å². The van der Waals surface area contributed by atoms with Crippen LogP contribution in [0.4, 0.5) is 5.82 Å². The molecule has 1 unspecified atom stereocenters. The first-order chi connectivity index (χ1) is 7.80. The third-order valence-corrected chi connectivity index (χ3v) is 3.12. The molecule has 0 spiro atoms. The van der Waals surface area contributed by atoms with Crippen molar-refractivity contribution in [1.29, 1.82) is 0 Å². The lowest BCUT2D eigenvalue weighted by Crippen LogP contribution is -2.25. The van der Waals surface area contributed by atoms with E-state index < -0.39 is 5.91 Å². The van der Waals surface area contributed by atoms with E-state index in [4.69, 9.17) is 5.73 Å². The van der Waals surface area contributed by atoms with Crippen LogP contribution in [-0.2, 0) is 0 Å². The predicted octanol–water partition coefficient (Wildman–Crippen LogP) is 2.27. The van der Waals surface area contributed by atoms with E-state index in [9.17, 15) is 4.79 Å². The van der Waals surface area contributed by atoms with Crippen molar-refractivity contribution in [3.63, 3.8) is 0 Å². The van der Waals surface area contributed by atoms with Crippen molar-refractivity contribution in [2.75, 3.05) is 11.9 Å². The van der Waals surface area contributed by atoms with Crippen molar-refractivity contribution in [2.45, 2.75) is 27.7 Å². The standard InChI is InChI=1S/C13H21N3O/c1-9(13(2,3)4)7-15-11-6-5-10(8-16-11)12(14)17/h5-6,8-9H,7H2,1-4H3,(H2,14,17)(H,15,16). The molecule has 4 nitrogen and oxygen atoms in total. The second kappa shape index (κ2) is 5.17. The van der Waals surface area contributed by atoms with Crippen LogP contribution in [0.25, 0.3) is 0 Å². The van der Waals surface area contributed by atoms with Crippen molar-refractivity contribution in [1.82, 2.24) is 4.98 Å². The molecule has 0 aliphatic carbocycles. The lowest BCUT2D eigenvalue weighted by molar-refractivity contribution is 0.1000. The summed E-state index contributed by atoms with van der Waals surface area (Å²) in [7, 11) is 0.